The monoisotopic (exact) mass is 508 g/mol. The second-order valence-corrected chi connectivity index (χ2v) is 11.8. The predicted molar refractivity (Wildman–Crippen MR) is 148 cm³/mol. The van der Waals surface area contributed by atoms with Crippen molar-refractivity contribution in [1.82, 2.24) is 0 Å². The minimum atomic E-state index is -3.52. The van der Waals surface area contributed by atoms with Gasteiger partial charge in [0, 0.05) is 36.3 Å². The van der Waals surface area contributed by atoms with Gasteiger partial charge in [0.15, 0.2) is 0 Å². The molecule has 0 unspecified atom stereocenters. The van der Waals surface area contributed by atoms with Gasteiger partial charge >= 0.3 is 0 Å². The molecule has 0 heterocycles. The number of hydrogen-bond acceptors (Lipinski definition) is 6. The van der Waals surface area contributed by atoms with Crippen molar-refractivity contribution >= 4 is 24.0 Å². The number of anilines is 2. The Morgan fingerprint density at radius 3 is 2.19 bits per heavy atom. The maximum Gasteiger partial charge on any atom is 0.258 e. The summed E-state index contributed by atoms with van der Waals surface area (Å²) < 4.78 is 33.4. The Hall–Kier alpha value is -2.95. The minimum absolute atomic E-state index is 0.0604. The Kier molecular flexibility index (Phi) is 8.60. The van der Waals surface area contributed by atoms with E-state index >= 15 is 4.57 Å². The molecule has 7 heteroatoms. The molecule has 4 rings (SSSR count). The van der Waals surface area contributed by atoms with Crippen LogP contribution in [0.1, 0.15) is 43.5 Å². The predicted octanol–water partition coefficient (Wildman–Crippen LogP) is 6.83. The van der Waals surface area contributed by atoms with Crippen molar-refractivity contribution in [3.05, 3.63) is 78.4 Å². The lowest BCUT2D eigenvalue weighted by Gasteiger charge is -2.34. The van der Waals surface area contributed by atoms with Gasteiger partial charge in [-0.1, -0.05) is 37.5 Å². The van der Waals surface area contributed by atoms with Gasteiger partial charge in [-0.2, -0.15) is 0 Å². The summed E-state index contributed by atoms with van der Waals surface area (Å²) in [5.74, 6) is 0.608. The van der Waals surface area contributed by atoms with Gasteiger partial charge in [-0.05, 0) is 67.4 Å². The Morgan fingerprint density at radius 2 is 1.58 bits per heavy atom. The third-order valence-corrected chi connectivity index (χ3v) is 9.45. The first-order valence-corrected chi connectivity index (χ1v) is 14.2. The van der Waals surface area contributed by atoms with Gasteiger partial charge in [0.25, 0.3) is 7.37 Å². The molecule has 1 aliphatic carbocycles. The summed E-state index contributed by atoms with van der Waals surface area (Å²) in [4.78, 5) is 2.03. The maximum atomic E-state index is 15.3. The van der Waals surface area contributed by atoms with E-state index in [1.54, 1.807) is 14.2 Å². The molecule has 0 aromatic heterocycles. The van der Waals surface area contributed by atoms with E-state index in [0.29, 0.717) is 16.8 Å². The van der Waals surface area contributed by atoms with Gasteiger partial charge in [-0.25, -0.2) is 0 Å². The SMILES string of the molecule is COc1ccc(OC)c([C@@H](Nc2ccccc2)[P@](=O)(OC2CCCCC2)c2ccc(N(C)C)cc2)c1. The fourth-order valence-electron chi connectivity index (χ4n) is 4.71. The number of rotatable bonds is 10. The number of benzene rings is 3. The van der Waals surface area contributed by atoms with Crippen LogP contribution in [0.15, 0.2) is 72.8 Å². The molecule has 2 atom stereocenters. The van der Waals surface area contributed by atoms with Crippen LogP contribution in [-0.4, -0.2) is 34.4 Å². The van der Waals surface area contributed by atoms with E-state index in [0.717, 1.165) is 42.6 Å². The second kappa shape index (κ2) is 11.9. The summed E-state index contributed by atoms with van der Waals surface area (Å²) in [6.45, 7) is 0. The van der Waals surface area contributed by atoms with Crippen molar-refractivity contribution in [2.24, 2.45) is 0 Å². The van der Waals surface area contributed by atoms with E-state index in [4.69, 9.17) is 14.0 Å². The molecule has 0 amide bonds. The molecule has 0 bridgehead atoms. The molecule has 1 fully saturated rings. The average Bonchev–Trinajstić information content (AvgIpc) is 2.92. The number of nitrogens with one attached hydrogen (secondary N) is 1. The second-order valence-electron chi connectivity index (χ2n) is 9.39. The van der Waals surface area contributed by atoms with E-state index in [1.165, 1.54) is 6.42 Å². The fourth-order valence-corrected chi connectivity index (χ4v) is 7.36. The lowest BCUT2D eigenvalue weighted by atomic mass is 9.98. The molecule has 0 aliphatic heterocycles. The first-order valence-electron chi connectivity index (χ1n) is 12.5. The van der Waals surface area contributed by atoms with Gasteiger partial charge in [0.2, 0.25) is 0 Å². The average molecular weight is 509 g/mol. The highest BCUT2D eigenvalue weighted by Crippen LogP contribution is 2.62. The summed E-state index contributed by atoms with van der Waals surface area (Å²) >= 11 is 0. The van der Waals surface area contributed by atoms with Crippen LogP contribution in [-0.2, 0) is 9.09 Å². The standard InChI is InChI=1S/C29H37N2O4P/c1-31(2)23-15-18-26(19-16-23)36(32,35-24-13-9-6-10-14-24)29(30-22-11-7-5-8-12-22)27-21-25(33-3)17-20-28(27)34-4/h5,7-8,11-12,15-21,24,29-30H,6,9-10,13-14H2,1-4H3/t29-,36+/m0/s1. The molecule has 0 spiro atoms. The number of methoxy groups -OCH3 is 2. The Balaban J connectivity index is 1.88. The van der Waals surface area contributed by atoms with Crippen LogP contribution in [0.4, 0.5) is 11.4 Å². The van der Waals surface area contributed by atoms with Crippen molar-refractivity contribution in [2.45, 2.75) is 44.0 Å². The molecule has 3 aromatic rings. The van der Waals surface area contributed by atoms with Crippen molar-refractivity contribution in [3.63, 3.8) is 0 Å². The van der Waals surface area contributed by atoms with Crippen LogP contribution in [0.25, 0.3) is 0 Å². The highest BCUT2D eigenvalue weighted by atomic mass is 31.2. The highest BCUT2D eigenvalue weighted by Gasteiger charge is 2.42. The molecule has 192 valence electrons. The maximum absolute atomic E-state index is 15.3. The Bertz CT molecular complexity index is 1160. The summed E-state index contributed by atoms with van der Waals surface area (Å²) in [7, 11) is 3.72. The summed E-state index contributed by atoms with van der Waals surface area (Å²) in [5.41, 5.74) is 2.62. The van der Waals surface area contributed by atoms with Gasteiger partial charge in [-0.3, -0.25) is 4.57 Å². The first-order chi connectivity index (χ1) is 17.4. The van der Waals surface area contributed by atoms with Crippen molar-refractivity contribution in [2.75, 3.05) is 38.5 Å². The zero-order valence-electron chi connectivity index (χ0n) is 21.6. The van der Waals surface area contributed by atoms with Gasteiger partial charge in [0.1, 0.15) is 17.3 Å². The number of nitrogens with zero attached hydrogens (tertiary/aromatic N) is 1. The third kappa shape index (κ3) is 5.88. The van der Waals surface area contributed by atoms with E-state index in [2.05, 4.69) is 5.32 Å². The van der Waals surface area contributed by atoms with E-state index in [1.807, 2.05) is 91.8 Å². The zero-order chi connectivity index (χ0) is 25.5. The van der Waals surface area contributed by atoms with Crippen LogP contribution >= 0.6 is 7.37 Å². The van der Waals surface area contributed by atoms with E-state index in [-0.39, 0.29) is 6.10 Å². The normalized spacial score (nSPS) is 16.6. The van der Waals surface area contributed by atoms with E-state index in [9.17, 15) is 0 Å². The largest absolute Gasteiger partial charge is 0.497 e. The smallest absolute Gasteiger partial charge is 0.258 e. The summed E-state index contributed by atoms with van der Waals surface area (Å²) in [6.07, 6.45) is 5.12. The molecule has 1 saturated carbocycles. The van der Waals surface area contributed by atoms with Gasteiger partial charge in [0.05, 0.1) is 20.3 Å². The minimum Gasteiger partial charge on any atom is -0.497 e. The quantitative estimate of drug-likeness (QED) is 0.303. The fraction of sp³-hybridized carbons (Fsp3) is 0.379. The van der Waals surface area contributed by atoms with Gasteiger partial charge in [-0.15, -0.1) is 0 Å². The lowest BCUT2D eigenvalue weighted by Crippen LogP contribution is -2.26. The molecule has 0 radical (unpaired) electrons. The van der Waals surface area contributed by atoms with Crippen LogP contribution in [0, 0.1) is 0 Å². The summed E-state index contributed by atoms with van der Waals surface area (Å²) in [5, 5.41) is 4.23. The van der Waals surface area contributed by atoms with Crippen LogP contribution in [0.5, 0.6) is 11.5 Å². The van der Waals surface area contributed by atoms with Crippen molar-refractivity contribution in [3.8, 4) is 11.5 Å². The van der Waals surface area contributed by atoms with Gasteiger partial charge < -0.3 is 24.2 Å². The summed E-state index contributed by atoms with van der Waals surface area (Å²) in [6, 6.07) is 23.3. The third-order valence-electron chi connectivity index (χ3n) is 6.73. The van der Waals surface area contributed by atoms with Crippen molar-refractivity contribution < 1.29 is 18.6 Å². The number of ether oxygens (including phenoxy) is 2. The first kappa shape index (κ1) is 26.1. The van der Waals surface area contributed by atoms with Crippen LogP contribution in [0.2, 0.25) is 0 Å². The molecule has 0 saturated heterocycles. The Labute approximate surface area is 215 Å². The number of hydrogen-bond donors (Lipinski definition) is 1. The molecule has 3 aromatic carbocycles. The highest BCUT2D eigenvalue weighted by molar-refractivity contribution is 7.67. The topological polar surface area (TPSA) is 60.0 Å². The molecule has 1 N–H and O–H groups in total. The molecule has 1 aliphatic rings. The molecule has 6 nitrogen and oxygen atoms in total. The van der Waals surface area contributed by atoms with E-state index < -0.39 is 13.2 Å². The lowest BCUT2D eigenvalue weighted by molar-refractivity contribution is 0.159. The van der Waals surface area contributed by atoms with Crippen LogP contribution in [0.3, 0.4) is 0 Å². The molecular formula is C29H37N2O4P. The molecule has 36 heavy (non-hydrogen) atoms. The van der Waals surface area contributed by atoms with Crippen LogP contribution < -0.4 is 25.0 Å². The Morgan fingerprint density at radius 1 is 0.889 bits per heavy atom. The zero-order valence-corrected chi connectivity index (χ0v) is 22.5. The van der Waals surface area contributed by atoms with Crippen molar-refractivity contribution in [1.29, 1.82) is 0 Å². The molecular weight excluding hydrogens is 471 g/mol. The number of para-hydroxylation sites is 1.